The SMILES string of the molecule is CCCC(=O)c1ccc(S(=O)(=O)N2CCCC2)cc1. The van der Waals surface area contributed by atoms with Gasteiger partial charge in [0.05, 0.1) is 4.90 Å². The van der Waals surface area contributed by atoms with E-state index >= 15 is 0 Å². The molecule has 0 aromatic heterocycles. The zero-order chi connectivity index (χ0) is 13.9. The molecule has 1 aliphatic rings. The molecule has 0 aliphatic carbocycles. The first kappa shape index (κ1) is 14.2. The van der Waals surface area contributed by atoms with E-state index in [0.717, 1.165) is 19.3 Å². The van der Waals surface area contributed by atoms with Crippen molar-refractivity contribution in [2.24, 2.45) is 0 Å². The first-order valence-electron chi connectivity index (χ1n) is 6.69. The maximum Gasteiger partial charge on any atom is 0.243 e. The minimum atomic E-state index is -3.37. The fourth-order valence-electron chi connectivity index (χ4n) is 2.26. The van der Waals surface area contributed by atoms with Crippen LogP contribution in [0.2, 0.25) is 0 Å². The lowest BCUT2D eigenvalue weighted by Gasteiger charge is -2.15. The number of benzene rings is 1. The standard InChI is InChI=1S/C14H19NO3S/c1-2-5-14(16)12-6-8-13(9-7-12)19(17,18)15-10-3-4-11-15/h6-9H,2-5,10-11H2,1H3. The minimum Gasteiger partial charge on any atom is -0.294 e. The van der Waals surface area contributed by atoms with Gasteiger partial charge in [-0.15, -0.1) is 0 Å². The zero-order valence-electron chi connectivity index (χ0n) is 11.1. The molecular weight excluding hydrogens is 262 g/mol. The van der Waals surface area contributed by atoms with E-state index in [0.29, 0.717) is 25.1 Å². The predicted molar refractivity (Wildman–Crippen MR) is 73.7 cm³/mol. The van der Waals surface area contributed by atoms with Crippen LogP contribution in [0.5, 0.6) is 0 Å². The molecule has 0 unspecified atom stereocenters. The van der Waals surface area contributed by atoms with Crippen LogP contribution in [0.15, 0.2) is 29.2 Å². The number of carbonyl (C=O) groups is 1. The Labute approximate surface area is 114 Å². The first-order valence-corrected chi connectivity index (χ1v) is 8.13. The van der Waals surface area contributed by atoms with E-state index in [4.69, 9.17) is 0 Å². The van der Waals surface area contributed by atoms with Crippen molar-refractivity contribution >= 4 is 15.8 Å². The largest absolute Gasteiger partial charge is 0.294 e. The Balaban J connectivity index is 2.20. The second-order valence-electron chi connectivity index (χ2n) is 4.81. The monoisotopic (exact) mass is 281 g/mol. The fraction of sp³-hybridized carbons (Fsp3) is 0.500. The van der Waals surface area contributed by atoms with Crippen molar-refractivity contribution in [1.82, 2.24) is 4.31 Å². The van der Waals surface area contributed by atoms with Crippen LogP contribution in [0.4, 0.5) is 0 Å². The number of nitrogens with zero attached hydrogens (tertiary/aromatic N) is 1. The molecule has 0 saturated carbocycles. The summed E-state index contributed by atoms with van der Waals surface area (Å²) >= 11 is 0. The van der Waals surface area contributed by atoms with Gasteiger partial charge in [-0.2, -0.15) is 4.31 Å². The van der Waals surface area contributed by atoms with Gasteiger partial charge in [-0.1, -0.05) is 19.1 Å². The number of hydrogen-bond donors (Lipinski definition) is 0. The highest BCUT2D eigenvalue weighted by Gasteiger charge is 2.26. The molecule has 0 radical (unpaired) electrons. The van der Waals surface area contributed by atoms with Crippen molar-refractivity contribution in [3.8, 4) is 0 Å². The topological polar surface area (TPSA) is 54.5 Å². The number of ketones is 1. The average Bonchev–Trinajstić information content (AvgIpc) is 2.94. The molecule has 19 heavy (non-hydrogen) atoms. The summed E-state index contributed by atoms with van der Waals surface area (Å²) < 4.78 is 26.1. The minimum absolute atomic E-state index is 0.0626. The molecule has 0 amide bonds. The van der Waals surface area contributed by atoms with Crippen LogP contribution in [0, 0.1) is 0 Å². The van der Waals surface area contributed by atoms with Gasteiger partial charge in [0.2, 0.25) is 10.0 Å². The Morgan fingerprint density at radius 1 is 1.16 bits per heavy atom. The van der Waals surface area contributed by atoms with E-state index < -0.39 is 10.0 Å². The Morgan fingerprint density at radius 3 is 2.26 bits per heavy atom. The summed E-state index contributed by atoms with van der Waals surface area (Å²) in [6, 6.07) is 6.30. The third kappa shape index (κ3) is 3.04. The zero-order valence-corrected chi connectivity index (χ0v) is 11.9. The number of rotatable bonds is 5. The molecule has 1 heterocycles. The van der Waals surface area contributed by atoms with E-state index in [-0.39, 0.29) is 10.7 Å². The second kappa shape index (κ2) is 5.84. The van der Waals surface area contributed by atoms with Crippen molar-refractivity contribution in [3.63, 3.8) is 0 Å². The molecule has 0 spiro atoms. The molecule has 0 bridgehead atoms. The van der Waals surface area contributed by atoms with E-state index in [1.807, 2.05) is 6.92 Å². The maximum atomic E-state index is 12.3. The van der Waals surface area contributed by atoms with Crippen LogP contribution < -0.4 is 0 Å². The summed E-state index contributed by atoms with van der Waals surface area (Å²) in [7, 11) is -3.37. The van der Waals surface area contributed by atoms with Crippen LogP contribution >= 0.6 is 0 Å². The Kier molecular flexibility index (Phi) is 4.37. The summed E-state index contributed by atoms with van der Waals surface area (Å²) in [5.74, 6) is 0.0626. The summed E-state index contributed by atoms with van der Waals surface area (Å²) in [5, 5.41) is 0. The molecule has 0 N–H and O–H groups in total. The number of sulfonamides is 1. The molecule has 5 heteroatoms. The van der Waals surface area contributed by atoms with Crippen molar-refractivity contribution in [1.29, 1.82) is 0 Å². The third-order valence-corrected chi connectivity index (χ3v) is 5.27. The molecule has 0 atom stereocenters. The quantitative estimate of drug-likeness (QED) is 0.779. The molecule has 1 aromatic carbocycles. The van der Waals surface area contributed by atoms with Gasteiger partial charge in [-0.3, -0.25) is 4.79 Å². The smallest absolute Gasteiger partial charge is 0.243 e. The molecule has 4 nitrogen and oxygen atoms in total. The van der Waals surface area contributed by atoms with E-state index in [1.54, 1.807) is 12.1 Å². The van der Waals surface area contributed by atoms with Gasteiger partial charge in [0.15, 0.2) is 5.78 Å². The van der Waals surface area contributed by atoms with Gasteiger partial charge in [0.1, 0.15) is 0 Å². The highest BCUT2D eigenvalue weighted by atomic mass is 32.2. The maximum absolute atomic E-state index is 12.3. The van der Waals surface area contributed by atoms with Crippen molar-refractivity contribution in [2.45, 2.75) is 37.5 Å². The molecule has 104 valence electrons. The Bertz CT molecular complexity index is 543. The summed E-state index contributed by atoms with van der Waals surface area (Å²) in [6.45, 7) is 3.14. The molecule has 1 aromatic rings. The number of Topliss-reactive ketones (excluding diaryl/α,β-unsaturated/α-hetero) is 1. The highest BCUT2D eigenvalue weighted by Crippen LogP contribution is 2.21. The lowest BCUT2D eigenvalue weighted by molar-refractivity contribution is 0.0981. The van der Waals surface area contributed by atoms with Crippen LogP contribution in [0.25, 0.3) is 0 Å². The highest BCUT2D eigenvalue weighted by molar-refractivity contribution is 7.89. The molecule has 1 fully saturated rings. The van der Waals surface area contributed by atoms with E-state index in [1.165, 1.54) is 16.4 Å². The van der Waals surface area contributed by atoms with Gasteiger partial charge in [0.25, 0.3) is 0 Å². The van der Waals surface area contributed by atoms with Gasteiger partial charge in [-0.25, -0.2) is 8.42 Å². The first-order chi connectivity index (χ1) is 9.05. The summed E-state index contributed by atoms with van der Waals surface area (Å²) in [4.78, 5) is 12.0. The van der Waals surface area contributed by atoms with E-state index in [2.05, 4.69) is 0 Å². The fourth-order valence-corrected chi connectivity index (χ4v) is 3.78. The van der Waals surface area contributed by atoms with Crippen LogP contribution in [-0.2, 0) is 10.0 Å². The Morgan fingerprint density at radius 2 is 1.74 bits per heavy atom. The summed E-state index contributed by atoms with van der Waals surface area (Å²) in [5.41, 5.74) is 0.585. The molecule has 1 saturated heterocycles. The third-order valence-electron chi connectivity index (χ3n) is 3.36. The molecule has 2 rings (SSSR count). The van der Waals surface area contributed by atoms with Crippen LogP contribution in [0.1, 0.15) is 43.0 Å². The average molecular weight is 281 g/mol. The van der Waals surface area contributed by atoms with Crippen molar-refractivity contribution in [3.05, 3.63) is 29.8 Å². The normalized spacial score (nSPS) is 16.7. The van der Waals surface area contributed by atoms with E-state index in [9.17, 15) is 13.2 Å². The second-order valence-corrected chi connectivity index (χ2v) is 6.75. The van der Waals surface area contributed by atoms with Crippen LogP contribution in [0.3, 0.4) is 0 Å². The predicted octanol–water partition coefficient (Wildman–Crippen LogP) is 2.45. The van der Waals surface area contributed by atoms with Gasteiger partial charge in [0, 0.05) is 25.1 Å². The lowest BCUT2D eigenvalue weighted by Crippen LogP contribution is -2.27. The Hall–Kier alpha value is -1.20. The van der Waals surface area contributed by atoms with Gasteiger partial charge in [-0.05, 0) is 31.4 Å². The van der Waals surface area contributed by atoms with Crippen molar-refractivity contribution < 1.29 is 13.2 Å². The van der Waals surface area contributed by atoms with Crippen molar-refractivity contribution in [2.75, 3.05) is 13.1 Å². The molecule has 1 aliphatic heterocycles. The molecular formula is C14H19NO3S. The lowest BCUT2D eigenvalue weighted by atomic mass is 10.1. The van der Waals surface area contributed by atoms with Gasteiger partial charge < -0.3 is 0 Å². The van der Waals surface area contributed by atoms with Crippen LogP contribution in [-0.4, -0.2) is 31.6 Å². The number of carbonyl (C=O) groups excluding carboxylic acids is 1. The summed E-state index contributed by atoms with van der Waals surface area (Å²) in [6.07, 6.45) is 3.14. The van der Waals surface area contributed by atoms with Gasteiger partial charge >= 0.3 is 0 Å². The number of hydrogen-bond acceptors (Lipinski definition) is 3.